The molecule has 0 aliphatic carbocycles. The number of phenols is 2. The van der Waals surface area contributed by atoms with Gasteiger partial charge in [0.1, 0.15) is 23.1 Å². The number of carbonyl (C=O) groups is 2. The summed E-state index contributed by atoms with van der Waals surface area (Å²) in [6, 6.07) is 10.0. The molecule has 2 aromatic rings. The summed E-state index contributed by atoms with van der Waals surface area (Å²) in [5, 5.41) is 37.0. The van der Waals surface area contributed by atoms with Crippen molar-refractivity contribution in [3.05, 3.63) is 53.1 Å². The van der Waals surface area contributed by atoms with E-state index < -0.39 is 5.97 Å². The maximum atomic E-state index is 12.3. The van der Waals surface area contributed by atoms with Crippen molar-refractivity contribution in [1.82, 2.24) is 5.32 Å². The number of aromatic hydroxyl groups is 2. The lowest BCUT2D eigenvalue weighted by molar-refractivity contribution is -0.134. The van der Waals surface area contributed by atoms with E-state index in [0.29, 0.717) is 17.7 Å². The van der Waals surface area contributed by atoms with Gasteiger partial charge >= 0.3 is 0 Å². The third-order valence-corrected chi connectivity index (χ3v) is 6.32. The summed E-state index contributed by atoms with van der Waals surface area (Å²) < 4.78 is 5.74. The molecule has 2 aromatic carbocycles. The van der Waals surface area contributed by atoms with Crippen molar-refractivity contribution in [2.24, 2.45) is 5.73 Å². The van der Waals surface area contributed by atoms with Crippen molar-refractivity contribution in [2.45, 2.75) is 90.9 Å². The van der Waals surface area contributed by atoms with Crippen LogP contribution < -0.4 is 15.8 Å². The highest BCUT2D eigenvalue weighted by Crippen LogP contribution is 2.26. The first kappa shape index (κ1) is 34.3. The SMILES string of the molecule is CC(=O)O.Cc1cc(O)cc(O)c1C(=O)NCCCCCCCCCCCCCCOc1ccc(C(=N)N)cc1. The molecule has 0 radical (unpaired) electrons. The van der Waals surface area contributed by atoms with Crippen molar-refractivity contribution in [1.29, 1.82) is 5.41 Å². The number of amides is 1. The lowest BCUT2D eigenvalue weighted by atomic mass is 10.0. The molecule has 0 aliphatic rings. The number of benzene rings is 2. The average Bonchev–Trinajstić information content (AvgIpc) is 2.87. The summed E-state index contributed by atoms with van der Waals surface area (Å²) in [5.74, 6) is -0.455. The number of nitrogens with one attached hydrogen (secondary N) is 2. The normalized spacial score (nSPS) is 10.3. The molecule has 0 fully saturated rings. The molecule has 0 aliphatic heterocycles. The van der Waals surface area contributed by atoms with Gasteiger partial charge < -0.3 is 31.1 Å². The summed E-state index contributed by atoms with van der Waals surface area (Å²) in [7, 11) is 0. The van der Waals surface area contributed by atoms with Gasteiger partial charge in [-0.15, -0.1) is 0 Å². The van der Waals surface area contributed by atoms with Crippen molar-refractivity contribution < 1.29 is 29.6 Å². The van der Waals surface area contributed by atoms with Crippen LogP contribution in [0.15, 0.2) is 36.4 Å². The van der Waals surface area contributed by atoms with E-state index in [-0.39, 0.29) is 28.8 Å². The number of nitrogen functional groups attached to an aromatic ring is 1. The van der Waals surface area contributed by atoms with Crippen LogP contribution in [0, 0.1) is 12.3 Å². The molecule has 7 N–H and O–H groups in total. The number of carboxylic acid groups (broad SMARTS) is 1. The highest BCUT2D eigenvalue weighted by molar-refractivity contribution is 5.98. The molecular weight excluding hydrogens is 510 g/mol. The van der Waals surface area contributed by atoms with Gasteiger partial charge in [-0.25, -0.2) is 0 Å². The van der Waals surface area contributed by atoms with Gasteiger partial charge in [0.2, 0.25) is 0 Å². The lowest BCUT2D eigenvalue weighted by Crippen LogP contribution is -2.25. The number of carboxylic acids is 1. The van der Waals surface area contributed by atoms with Crippen LogP contribution in [0.5, 0.6) is 17.2 Å². The Morgan fingerprint density at radius 1 is 0.850 bits per heavy atom. The number of hydrogen-bond acceptors (Lipinski definition) is 6. The molecule has 0 saturated carbocycles. The van der Waals surface area contributed by atoms with Crippen LogP contribution >= 0.6 is 0 Å². The molecule has 40 heavy (non-hydrogen) atoms. The molecule has 2 rings (SSSR count). The van der Waals surface area contributed by atoms with E-state index in [1.165, 1.54) is 69.9 Å². The Kier molecular flexibility index (Phi) is 17.3. The summed E-state index contributed by atoms with van der Waals surface area (Å²) in [4.78, 5) is 21.3. The second-order valence-electron chi connectivity index (χ2n) is 9.96. The number of hydrogen-bond donors (Lipinski definition) is 6. The molecule has 0 atom stereocenters. The molecule has 1 amide bonds. The molecule has 0 heterocycles. The number of carbonyl (C=O) groups excluding carboxylic acids is 1. The van der Waals surface area contributed by atoms with Crippen molar-refractivity contribution in [3.8, 4) is 17.2 Å². The third kappa shape index (κ3) is 15.6. The Balaban J connectivity index is 0.00000187. The lowest BCUT2D eigenvalue weighted by Gasteiger charge is -2.10. The van der Waals surface area contributed by atoms with Gasteiger partial charge in [-0.3, -0.25) is 15.0 Å². The fraction of sp³-hybridized carbons (Fsp3) is 0.516. The number of rotatable bonds is 18. The molecule has 0 unspecified atom stereocenters. The Labute approximate surface area is 238 Å². The van der Waals surface area contributed by atoms with E-state index in [1.54, 1.807) is 6.92 Å². The zero-order chi connectivity index (χ0) is 29.8. The van der Waals surface area contributed by atoms with E-state index >= 15 is 0 Å². The predicted octanol–water partition coefficient (Wildman–Crippen LogP) is 6.27. The molecule has 0 bridgehead atoms. The van der Waals surface area contributed by atoms with Crippen molar-refractivity contribution >= 4 is 17.7 Å². The van der Waals surface area contributed by atoms with E-state index in [2.05, 4.69) is 5.32 Å². The van der Waals surface area contributed by atoms with Gasteiger partial charge in [-0.2, -0.15) is 0 Å². The average molecular weight is 558 g/mol. The second kappa shape index (κ2) is 20.2. The number of aryl methyl sites for hydroxylation is 1. The van der Waals surface area contributed by atoms with E-state index in [1.807, 2.05) is 24.3 Å². The minimum atomic E-state index is -0.833. The van der Waals surface area contributed by atoms with Gasteiger partial charge in [0.15, 0.2) is 0 Å². The van der Waals surface area contributed by atoms with Crippen molar-refractivity contribution in [2.75, 3.05) is 13.2 Å². The highest BCUT2D eigenvalue weighted by Gasteiger charge is 2.14. The zero-order valence-electron chi connectivity index (χ0n) is 24.0. The van der Waals surface area contributed by atoms with Crippen molar-refractivity contribution in [3.63, 3.8) is 0 Å². The van der Waals surface area contributed by atoms with Crippen LogP contribution in [0.2, 0.25) is 0 Å². The Bertz CT molecular complexity index is 1010. The number of aliphatic carboxylic acids is 1. The number of nitrogens with two attached hydrogens (primary N) is 1. The first-order valence-electron chi connectivity index (χ1n) is 14.2. The minimum absolute atomic E-state index is 0.0432. The van der Waals surface area contributed by atoms with Crippen LogP contribution in [-0.2, 0) is 4.79 Å². The first-order chi connectivity index (χ1) is 19.1. The van der Waals surface area contributed by atoms with E-state index in [0.717, 1.165) is 38.5 Å². The van der Waals surface area contributed by atoms with Gasteiger partial charge in [0.25, 0.3) is 11.9 Å². The summed E-state index contributed by atoms with van der Waals surface area (Å²) in [5.41, 5.74) is 6.97. The third-order valence-electron chi connectivity index (χ3n) is 6.32. The molecule has 222 valence electrons. The van der Waals surface area contributed by atoms with Gasteiger partial charge in [0, 0.05) is 25.1 Å². The summed E-state index contributed by atoms with van der Waals surface area (Å²) in [6.45, 7) is 4.10. The standard InChI is InChI=1S/C29H43N3O4.C2H4O2/c1-22-20-24(33)21-26(34)27(22)29(35)32-18-12-10-8-6-4-2-3-5-7-9-11-13-19-36-25-16-14-23(15-17-25)28(30)31;1-2(3)4/h14-17,20-21,33-34H,2-13,18-19H2,1H3,(H3,30,31)(H,32,35);1H3,(H,3,4). The van der Waals surface area contributed by atoms with Crippen LogP contribution in [0.3, 0.4) is 0 Å². The Morgan fingerprint density at radius 3 is 1.80 bits per heavy atom. The number of ether oxygens (including phenoxy) is 1. The number of unbranched alkanes of at least 4 members (excludes halogenated alkanes) is 11. The van der Waals surface area contributed by atoms with Gasteiger partial charge in [0.05, 0.1) is 12.2 Å². The summed E-state index contributed by atoms with van der Waals surface area (Å²) in [6.07, 6.45) is 14.3. The Hall–Kier alpha value is -3.75. The first-order valence-corrected chi connectivity index (χ1v) is 14.2. The molecule has 9 nitrogen and oxygen atoms in total. The monoisotopic (exact) mass is 557 g/mol. The van der Waals surface area contributed by atoms with Crippen LogP contribution in [0.25, 0.3) is 0 Å². The van der Waals surface area contributed by atoms with Gasteiger partial charge in [-0.05, 0) is 55.7 Å². The minimum Gasteiger partial charge on any atom is -0.508 e. The summed E-state index contributed by atoms with van der Waals surface area (Å²) >= 11 is 0. The molecular formula is C31H47N3O6. The number of amidine groups is 1. The molecule has 9 heteroatoms. The smallest absolute Gasteiger partial charge is 0.300 e. The maximum absolute atomic E-state index is 12.3. The van der Waals surface area contributed by atoms with E-state index in [9.17, 15) is 15.0 Å². The Morgan fingerprint density at radius 2 is 1.32 bits per heavy atom. The van der Waals surface area contributed by atoms with Crippen LogP contribution in [-0.4, -0.2) is 46.2 Å². The quantitative estimate of drug-likeness (QED) is 0.0713. The van der Waals surface area contributed by atoms with Gasteiger partial charge in [-0.1, -0.05) is 64.2 Å². The second-order valence-corrected chi connectivity index (χ2v) is 9.96. The number of phenolic OH excluding ortho intramolecular Hbond substituents is 2. The molecule has 0 spiro atoms. The zero-order valence-corrected chi connectivity index (χ0v) is 24.0. The topological polar surface area (TPSA) is 166 Å². The fourth-order valence-corrected chi connectivity index (χ4v) is 4.25. The van der Waals surface area contributed by atoms with Crippen LogP contribution in [0.4, 0.5) is 0 Å². The molecule has 0 saturated heterocycles. The predicted molar refractivity (Wildman–Crippen MR) is 159 cm³/mol. The van der Waals surface area contributed by atoms with Crippen LogP contribution in [0.1, 0.15) is 105 Å². The highest BCUT2D eigenvalue weighted by atomic mass is 16.5. The maximum Gasteiger partial charge on any atom is 0.300 e. The largest absolute Gasteiger partial charge is 0.508 e. The van der Waals surface area contributed by atoms with E-state index in [4.69, 9.17) is 25.8 Å². The molecule has 0 aromatic heterocycles. The fourth-order valence-electron chi connectivity index (χ4n) is 4.25.